The second-order valence-corrected chi connectivity index (χ2v) is 6.21. The first-order valence-electron chi connectivity index (χ1n) is 6.71. The van der Waals surface area contributed by atoms with Crippen molar-refractivity contribution in [3.8, 4) is 0 Å². The van der Waals surface area contributed by atoms with Crippen LogP contribution in [0.5, 0.6) is 0 Å². The summed E-state index contributed by atoms with van der Waals surface area (Å²) in [6, 6.07) is 0. The highest BCUT2D eigenvalue weighted by molar-refractivity contribution is 4.85. The van der Waals surface area contributed by atoms with Crippen LogP contribution in [-0.2, 0) is 0 Å². The van der Waals surface area contributed by atoms with Gasteiger partial charge in [0.2, 0.25) is 0 Å². The fraction of sp³-hybridized carbons (Fsp3) is 1.00. The van der Waals surface area contributed by atoms with Crippen LogP contribution < -0.4 is 5.73 Å². The first-order valence-corrected chi connectivity index (χ1v) is 6.71. The maximum Gasteiger partial charge on any atom is 0.0608 e. The zero-order valence-corrected chi connectivity index (χ0v) is 10.5. The SMILES string of the molecule is CC(N)(CO)CCN(CC1CC1)CC1CC1. The summed E-state index contributed by atoms with van der Waals surface area (Å²) in [6.07, 6.45) is 6.58. The molecule has 0 aromatic heterocycles. The molecule has 2 aliphatic rings. The Bertz CT molecular complexity index is 208. The van der Waals surface area contributed by atoms with Gasteiger partial charge < -0.3 is 15.7 Å². The van der Waals surface area contributed by atoms with Crippen LogP contribution in [0.4, 0.5) is 0 Å². The minimum absolute atomic E-state index is 0.0910. The van der Waals surface area contributed by atoms with E-state index in [1.165, 1.54) is 38.8 Å². The summed E-state index contributed by atoms with van der Waals surface area (Å²) >= 11 is 0. The van der Waals surface area contributed by atoms with Gasteiger partial charge in [-0.1, -0.05) is 0 Å². The summed E-state index contributed by atoms with van der Waals surface area (Å²) < 4.78 is 0. The van der Waals surface area contributed by atoms with Crippen LogP contribution in [0.1, 0.15) is 39.0 Å². The number of hydrogen-bond donors (Lipinski definition) is 2. The van der Waals surface area contributed by atoms with Gasteiger partial charge in [-0.2, -0.15) is 0 Å². The third-order valence-electron chi connectivity index (χ3n) is 3.79. The minimum atomic E-state index is -0.397. The number of rotatable bonds is 8. The number of hydrogen-bond acceptors (Lipinski definition) is 3. The molecular weight excluding hydrogens is 200 g/mol. The van der Waals surface area contributed by atoms with E-state index < -0.39 is 5.54 Å². The van der Waals surface area contributed by atoms with Gasteiger partial charge in [0.1, 0.15) is 0 Å². The summed E-state index contributed by atoms with van der Waals surface area (Å²) in [6.45, 7) is 5.61. The van der Waals surface area contributed by atoms with Gasteiger partial charge in [0.05, 0.1) is 6.61 Å². The van der Waals surface area contributed by atoms with Gasteiger partial charge in [-0.25, -0.2) is 0 Å². The van der Waals surface area contributed by atoms with Crippen LogP contribution in [0, 0.1) is 11.8 Å². The van der Waals surface area contributed by atoms with E-state index in [1.54, 1.807) is 0 Å². The van der Waals surface area contributed by atoms with Crippen molar-refractivity contribution in [2.45, 2.75) is 44.6 Å². The van der Waals surface area contributed by atoms with Gasteiger partial charge >= 0.3 is 0 Å². The standard InChI is InChI=1S/C13H26N2O/c1-13(14,10-16)6-7-15(8-11-2-3-11)9-12-4-5-12/h11-12,16H,2-10,14H2,1H3. The molecule has 2 rings (SSSR count). The van der Waals surface area contributed by atoms with E-state index in [9.17, 15) is 0 Å². The first kappa shape index (κ1) is 12.3. The molecule has 0 amide bonds. The van der Waals surface area contributed by atoms with E-state index in [0.29, 0.717) is 0 Å². The van der Waals surface area contributed by atoms with Crippen molar-refractivity contribution < 1.29 is 5.11 Å². The molecule has 0 aromatic carbocycles. The van der Waals surface area contributed by atoms with E-state index >= 15 is 0 Å². The molecule has 3 nitrogen and oxygen atoms in total. The molecule has 1 atom stereocenters. The molecule has 2 aliphatic carbocycles. The molecule has 0 heterocycles. The lowest BCUT2D eigenvalue weighted by molar-refractivity contribution is 0.169. The van der Waals surface area contributed by atoms with Crippen molar-refractivity contribution in [3.63, 3.8) is 0 Å². The van der Waals surface area contributed by atoms with E-state index in [-0.39, 0.29) is 6.61 Å². The van der Waals surface area contributed by atoms with E-state index in [2.05, 4.69) is 4.90 Å². The Morgan fingerprint density at radius 1 is 1.19 bits per heavy atom. The van der Waals surface area contributed by atoms with Gasteiger partial charge in [-0.3, -0.25) is 0 Å². The molecule has 2 saturated carbocycles. The summed E-state index contributed by atoms with van der Waals surface area (Å²) in [5.74, 6) is 1.91. The fourth-order valence-electron chi connectivity index (χ4n) is 2.08. The van der Waals surface area contributed by atoms with Gasteiger partial charge in [-0.05, 0) is 57.4 Å². The number of nitrogens with zero attached hydrogens (tertiary/aromatic N) is 1. The maximum absolute atomic E-state index is 9.15. The summed E-state index contributed by atoms with van der Waals surface area (Å²) in [7, 11) is 0. The molecule has 3 heteroatoms. The average molecular weight is 226 g/mol. The lowest BCUT2D eigenvalue weighted by Crippen LogP contribution is -2.44. The Morgan fingerprint density at radius 2 is 1.69 bits per heavy atom. The van der Waals surface area contributed by atoms with Crippen molar-refractivity contribution in [2.75, 3.05) is 26.2 Å². The van der Waals surface area contributed by atoms with Crippen LogP contribution >= 0.6 is 0 Å². The number of aliphatic hydroxyl groups excluding tert-OH is 1. The molecule has 0 aliphatic heterocycles. The molecule has 94 valence electrons. The third kappa shape index (κ3) is 4.40. The molecule has 0 spiro atoms. The largest absolute Gasteiger partial charge is 0.394 e. The predicted octanol–water partition coefficient (Wildman–Crippen LogP) is 1.21. The molecule has 0 bridgehead atoms. The van der Waals surface area contributed by atoms with Crippen molar-refractivity contribution in [2.24, 2.45) is 17.6 Å². The number of aliphatic hydroxyl groups is 1. The summed E-state index contributed by atoms with van der Waals surface area (Å²) in [5.41, 5.74) is 5.58. The molecular formula is C13H26N2O. The van der Waals surface area contributed by atoms with Gasteiger partial charge in [0.15, 0.2) is 0 Å². The Morgan fingerprint density at radius 3 is 2.06 bits per heavy atom. The second-order valence-electron chi connectivity index (χ2n) is 6.21. The molecule has 0 radical (unpaired) electrons. The van der Waals surface area contributed by atoms with Crippen LogP contribution in [-0.4, -0.2) is 41.8 Å². The first-order chi connectivity index (χ1) is 7.59. The van der Waals surface area contributed by atoms with E-state index in [1.807, 2.05) is 6.92 Å². The minimum Gasteiger partial charge on any atom is -0.394 e. The molecule has 1 unspecified atom stereocenters. The second kappa shape index (κ2) is 5.03. The fourth-order valence-corrected chi connectivity index (χ4v) is 2.08. The number of nitrogens with two attached hydrogens (primary N) is 1. The molecule has 0 aromatic rings. The maximum atomic E-state index is 9.15. The Labute approximate surface area is 99.0 Å². The van der Waals surface area contributed by atoms with Gasteiger partial charge in [-0.15, -0.1) is 0 Å². The lowest BCUT2D eigenvalue weighted by Gasteiger charge is -2.28. The van der Waals surface area contributed by atoms with Crippen molar-refractivity contribution in [3.05, 3.63) is 0 Å². The average Bonchev–Trinajstić information content (AvgIpc) is 3.09. The highest BCUT2D eigenvalue weighted by Gasteiger charge is 2.30. The molecule has 3 N–H and O–H groups in total. The van der Waals surface area contributed by atoms with E-state index in [4.69, 9.17) is 10.8 Å². The zero-order valence-electron chi connectivity index (χ0n) is 10.5. The van der Waals surface area contributed by atoms with Crippen LogP contribution in [0.3, 0.4) is 0 Å². The molecule has 2 fully saturated rings. The zero-order chi connectivity index (χ0) is 11.6. The van der Waals surface area contributed by atoms with Crippen LogP contribution in [0.15, 0.2) is 0 Å². The quantitative estimate of drug-likeness (QED) is 0.654. The van der Waals surface area contributed by atoms with Crippen molar-refractivity contribution >= 4 is 0 Å². The Hall–Kier alpha value is -0.120. The van der Waals surface area contributed by atoms with Gasteiger partial charge in [0.25, 0.3) is 0 Å². The summed E-state index contributed by atoms with van der Waals surface area (Å²) in [5, 5.41) is 9.15. The Kier molecular flexibility index (Phi) is 3.88. The van der Waals surface area contributed by atoms with Crippen molar-refractivity contribution in [1.29, 1.82) is 0 Å². The predicted molar refractivity (Wildman–Crippen MR) is 66.2 cm³/mol. The Balaban J connectivity index is 1.71. The van der Waals surface area contributed by atoms with E-state index in [0.717, 1.165) is 24.8 Å². The smallest absolute Gasteiger partial charge is 0.0608 e. The van der Waals surface area contributed by atoms with Crippen molar-refractivity contribution in [1.82, 2.24) is 4.90 Å². The van der Waals surface area contributed by atoms with Crippen LogP contribution in [0.25, 0.3) is 0 Å². The highest BCUT2D eigenvalue weighted by Crippen LogP contribution is 2.33. The topological polar surface area (TPSA) is 49.5 Å². The highest BCUT2D eigenvalue weighted by atomic mass is 16.3. The lowest BCUT2D eigenvalue weighted by atomic mass is 10.0. The van der Waals surface area contributed by atoms with Gasteiger partial charge in [0, 0.05) is 18.6 Å². The normalized spacial score (nSPS) is 24.8. The third-order valence-corrected chi connectivity index (χ3v) is 3.79. The monoisotopic (exact) mass is 226 g/mol. The summed E-state index contributed by atoms with van der Waals surface area (Å²) in [4.78, 5) is 2.58. The molecule has 0 saturated heterocycles. The molecule has 16 heavy (non-hydrogen) atoms. The van der Waals surface area contributed by atoms with Crippen LogP contribution in [0.2, 0.25) is 0 Å².